The van der Waals surface area contributed by atoms with E-state index in [9.17, 15) is 4.79 Å². The van der Waals surface area contributed by atoms with Crippen molar-refractivity contribution in [2.24, 2.45) is 0 Å². The number of thiophene rings is 1. The van der Waals surface area contributed by atoms with Crippen LogP contribution in [0.15, 0.2) is 20.7 Å². The lowest BCUT2D eigenvalue weighted by atomic mass is 10.3. The van der Waals surface area contributed by atoms with E-state index in [0.29, 0.717) is 16.7 Å². The van der Waals surface area contributed by atoms with Crippen LogP contribution in [0, 0.1) is 13.8 Å². The second kappa shape index (κ2) is 5.47. The Morgan fingerprint density at radius 1 is 1.33 bits per heavy atom. The Bertz CT molecular complexity index is 905. The highest BCUT2D eigenvalue weighted by Crippen LogP contribution is 2.25. The summed E-state index contributed by atoms with van der Waals surface area (Å²) in [4.78, 5) is 25.6. The molecule has 0 unspecified atom stereocenters. The van der Waals surface area contributed by atoms with Gasteiger partial charge in [0, 0.05) is 11.1 Å². The van der Waals surface area contributed by atoms with E-state index in [1.165, 1.54) is 15.9 Å². The van der Waals surface area contributed by atoms with Crippen LogP contribution in [-0.2, 0) is 6.54 Å². The quantitative estimate of drug-likeness (QED) is 0.635. The minimum Gasteiger partial charge on any atom is -0.288 e. The van der Waals surface area contributed by atoms with Gasteiger partial charge in [0.25, 0.3) is 0 Å². The van der Waals surface area contributed by atoms with Gasteiger partial charge in [-0.05, 0) is 41.2 Å². The maximum absolute atomic E-state index is 12.1. The molecule has 0 aliphatic carbocycles. The molecule has 0 saturated carbocycles. The zero-order chi connectivity index (χ0) is 15.1. The van der Waals surface area contributed by atoms with E-state index in [2.05, 4.69) is 30.9 Å². The molecular weight excluding hydrogens is 376 g/mol. The molecule has 0 saturated heterocycles. The first-order valence-electron chi connectivity index (χ1n) is 6.10. The lowest BCUT2D eigenvalue weighted by Crippen LogP contribution is -2.27. The van der Waals surface area contributed by atoms with Crippen molar-refractivity contribution in [2.75, 3.05) is 0 Å². The van der Waals surface area contributed by atoms with Crippen molar-refractivity contribution in [3.63, 3.8) is 0 Å². The highest BCUT2D eigenvalue weighted by Gasteiger charge is 2.13. The third-order valence-corrected chi connectivity index (χ3v) is 5.40. The first-order valence-corrected chi connectivity index (χ1v) is 8.15. The highest BCUT2D eigenvalue weighted by atomic mass is 79.9. The van der Waals surface area contributed by atoms with Gasteiger partial charge in [-0.25, -0.2) is 14.8 Å². The van der Waals surface area contributed by atoms with Crippen LogP contribution in [0.5, 0.6) is 0 Å². The second-order valence-corrected chi connectivity index (χ2v) is 6.58. The summed E-state index contributed by atoms with van der Waals surface area (Å²) in [7, 11) is 0. The molecule has 0 radical (unpaired) electrons. The number of fused-ring (bicyclic) bond motifs is 1. The van der Waals surface area contributed by atoms with Crippen LogP contribution < -0.4 is 5.69 Å². The van der Waals surface area contributed by atoms with E-state index in [1.54, 1.807) is 6.92 Å². The van der Waals surface area contributed by atoms with Crippen LogP contribution in [0.2, 0.25) is 5.15 Å². The van der Waals surface area contributed by atoms with E-state index in [-0.39, 0.29) is 12.2 Å². The molecule has 0 aliphatic rings. The maximum Gasteiger partial charge on any atom is 0.348 e. The van der Waals surface area contributed by atoms with E-state index in [1.807, 2.05) is 18.4 Å². The van der Waals surface area contributed by atoms with Crippen molar-refractivity contribution >= 4 is 49.1 Å². The molecule has 0 aromatic carbocycles. The molecule has 108 valence electrons. The minimum absolute atomic E-state index is 0.240. The van der Waals surface area contributed by atoms with Gasteiger partial charge in [-0.15, -0.1) is 11.3 Å². The minimum atomic E-state index is -0.320. The average molecular weight is 386 g/mol. The van der Waals surface area contributed by atoms with E-state index in [0.717, 1.165) is 20.4 Å². The van der Waals surface area contributed by atoms with Crippen molar-refractivity contribution in [2.45, 2.75) is 20.4 Å². The van der Waals surface area contributed by atoms with E-state index < -0.39 is 0 Å². The first kappa shape index (κ1) is 14.6. The molecule has 0 amide bonds. The standard InChI is InChI=1S/C13H10BrClN4OS/c1-6-10(14)7(2)19(13(20)16-6)5-9-17-11(15)8-3-4-21-12(8)18-9/h3-4H,5H2,1-2H3. The molecule has 8 heteroatoms. The summed E-state index contributed by atoms with van der Waals surface area (Å²) in [5.74, 6) is 0.498. The third kappa shape index (κ3) is 2.61. The molecular formula is C13H10BrClN4OS. The van der Waals surface area contributed by atoms with Crippen molar-refractivity contribution in [1.82, 2.24) is 19.5 Å². The zero-order valence-electron chi connectivity index (χ0n) is 11.2. The molecule has 3 heterocycles. The molecule has 3 rings (SSSR count). The highest BCUT2D eigenvalue weighted by molar-refractivity contribution is 9.10. The maximum atomic E-state index is 12.1. The van der Waals surface area contributed by atoms with Gasteiger partial charge in [0.15, 0.2) is 5.82 Å². The summed E-state index contributed by atoms with van der Waals surface area (Å²) in [6.07, 6.45) is 0. The Hall–Kier alpha value is -1.31. The fraction of sp³-hybridized carbons (Fsp3) is 0.231. The molecule has 0 atom stereocenters. The van der Waals surface area contributed by atoms with Gasteiger partial charge in [-0.2, -0.15) is 4.98 Å². The summed E-state index contributed by atoms with van der Waals surface area (Å²) in [6, 6.07) is 1.88. The van der Waals surface area contributed by atoms with Gasteiger partial charge in [0.05, 0.1) is 16.7 Å². The van der Waals surface area contributed by atoms with Crippen molar-refractivity contribution < 1.29 is 0 Å². The predicted octanol–water partition coefficient (Wildman–Crippen LogP) is 3.33. The van der Waals surface area contributed by atoms with Gasteiger partial charge in [0.1, 0.15) is 9.98 Å². The summed E-state index contributed by atoms with van der Waals surface area (Å²) in [5, 5.41) is 3.15. The van der Waals surface area contributed by atoms with E-state index >= 15 is 0 Å². The van der Waals surface area contributed by atoms with Gasteiger partial charge in [-0.3, -0.25) is 4.57 Å². The Labute approximate surface area is 137 Å². The summed E-state index contributed by atoms with van der Waals surface area (Å²) >= 11 is 11.1. The molecule has 0 aliphatic heterocycles. The SMILES string of the molecule is Cc1nc(=O)n(Cc2nc(Cl)c3ccsc3n2)c(C)c1Br. The van der Waals surface area contributed by atoms with Crippen LogP contribution in [0.3, 0.4) is 0 Å². The molecule has 0 bridgehead atoms. The molecule has 3 aromatic heterocycles. The normalized spacial score (nSPS) is 11.2. The molecule has 0 fully saturated rings. The van der Waals surface area contributed by atoms with Crippen LogP contribution in [0.1, 0.15) is 17.2 Å². The number of rotatable bonds is 2. The van der Waals surface area contributed by atoms with Gasteiger partial charge in [0.2, 0.25) is 0 Å². The van der Waals surface area contributed by atoms with Crippen LogP contribution in [-0.4, -0.2) is 19.5 Å². The number of hydrogen-bond donors (Lipinski definition) is 0. The van der Waals surface area contributed by atoms with Crippen molar-refractivity contribution in [3.05, 3.63) is 48.8 Å². The van der Waals surface area contributed by atoms with Crippen LogP contribution >= 0.6 is 38.9 Å². The number of aromatic nitrogens is 4. The van der Waals surface area contributed by atoms with Crippen LogP contribution in [0.25, 0.3) is 10.2 Å². The monoisotopic (exact) mass is 384 g/mol. The Kier molecular flexibility index (Phi) is 3.81. The van der Waals surface area contributed by atoms with Crippen molar-refractivity contribution in [3.8, 4) is 0 Å². The van der Waals surface area contributed by atoms with Gasteiger partial charge in [-0.1, -0.05) is 11.6 Å². The number of aryl methyl sites for hydroxylation is 1. The molecule has 0 N–H and O–H groups in total. The van der Waals surface area contributed by atoms with Gasteiger partial charge < -0.3 is 0 Å². The fourth-order valence-corrected chi connectivity index (χ4v) is 3.43. The molecule has 21 heavy (non-hydrogen) atoms. The number of halogens is 2. The lowest BCUT2D eigenvalue weighted by molar-refractivity contribution is 0.662. The Morgan fingerprint density at radius 2 is 2.10 bits per heavy atom. The number of nitrogens with zero attached hydrogens (tertiary/aromatic N) is 4. The third-order valence-electron chi connectivity index (χ3n) is 3.16. The molecule has 5 nitrogen and oxygen atoms in total. The second-order valence-electron chi connectivity index (χ2n) is 4.54. The smallest absolute Gasteiger partial charge is 0.288 e. The van der Waals surface area contributed by atoms with Crippen LogP contribution in [0.4, 0.5) is 0 Å². The zero-order valence-corrected chi connectivity index (χ0v) is 14.4. The largest absolute Gasteiger partial charge is 0.348 e. The van der Waals surface area contributed by atoms with Gasteiger partial charge >= 0.3 is 5.69 Å². The molecule has 3 aromatic rings. The Balaban J connectivity index is 2.10. The first-order chi connectivity index (χ1) is 9.97. The average Bonchev–Trinajstić information content (AvgIpc) is 2.90. The summed E-state index contributed by atoms with van der Waals surface area (Å²) in [5.41, 5.74) is 1.14. The van der Waals surface area contributed by atoms with Crippen molar-refractivity contribution in [1.29, 1.82) is 0 Å². The van der Waals surface area contributed by atoms with E-state index in [4.69, 9.17) is 11.6 Å². The molecule has 0 spiro atoms. The summed E-state index contributed by atoms with van der Waals surface area (Å²) < 4.78 is 2.34. The Morgan fingerprint density at radius 3 is 2.86 bits per heavy atom. The predicted molar refractivity (Wildman–Crippen MR) is 87.2 cm³/mol. The number of hydrogen-bond acceptors (Lipinski definition) is 5. The summed E-state index contributed by atoms with van der Waals surface area (Å²) in [6.45, 7) is 3.88. The topological polar surface area (TPSA) is 60.7 Å². The fourth-order valence-electron chi connectivity index (χ4n) is 2.04. The lowest BCUT2D eigenvalue weighted by Gasteiger charge is -2.11.